The summed E-state index contributed by atoms with van der Waals surface area (Å²) in [6.07, 6.45) is 4.00. The number of rotatable bonds is 6. The number of phenols is 1. The van der Waals surface area contributed by atoms with E-state index in [-0.39, 0.29) is 18.1 Å². The Morgan fingerprint density at radius 3 is 2.74 bits per heavy atom. The van der Waals surface area contributed by atoms with Crippen molar-refractivity contribution in [3.8, 4) is 5.75 Å². The Kier molecular flexibility index (Phi) is 4.93. The van der Waals surface area contributed by atoms with Gasteiger partial charge in [0, 0.05) is 18.2 Å². The van der Waals surface area contributed by atoms with Gasteiger partial charge in [0.05, 0.1) is 6.54 Å². The van der Waals surface area contributed by atoms with Crippen molar-refractivity contribution in [2.45, 2.75) is 31.7 Å². The lowest BCUT2D eigenvalue weighted by atomic mass is 10.1. The molecule has 1 unspecified atom stereocenters. The third-order valence-electron chi connectivity index (χ3n) is 3.73. The highest BCUT2D eigenvalue weighted by Gasteiger charge is 2.25. The van der Waals surface area contributed by atoms with Gasteiger partial charge in [-0.25, -0.2) is 0 Å². The van der Waals surface area contributed by atoms with Crippen molar-refractivity contribution >= 4 is 5.78 Å². The first-order valence-electron chi connectivity index (χ1n) is 6.88. The van der Waals surface area contributed by atoms with Crippen LogP contribution in [-0.2, 0) is 0 Å². The SMILES string of the molecule is O=C(CN1CCCC1CCCO)c1ccc(O)cc1. The van der Waals surface area contributed by atoms with E-state index >= 15 is 0 Å². The Morgan fingerprint density at radius 1 is 1.32 bits per heavy atom. The zero-order chi connectivity index (χ0) is 13.7. The number of phenolic OH excluding ortho intramolecular Hbond substituents is 1. The average molecular weight is 263 g/mol. The van der Waals surface area contributed by atoms with Crippen molar-refractivity contribution in [1.29, 1.82) is 0 Å². The zero-order valence-corrected chi connectivity index (χ0v) is 11.1. The van der Waals surface area contributed by atoms with Gasteiger partial charge in [0.2, 0.25) is 0 Å². The number of carbonyl (C=O) groups is 1. The lowest BCUT2D eigenvalue weighted by molar-refractivity contribution is 0.0916. The molecule has 1 heterocycles. The Labute approximate surface area is 113 Å². The van der Waals surface area contributed by atoms with E-state index < -0.39 is 0 Å². The van der Waals surface area contributed by atoms with E-state index in [1.165, 1.54) is 0 Å². The second-order valence-electron chi connectivity index (χ2n) is 5.10. The largest absolute Gasteiger partial charge is 0.508 e. The minimum atomic E-state index is 0.0934. The van der Waals surface area contributed by atoms with E-state index in [4.69, 9.17) is 5.11 Å². The van der Waals surface area contributed by atoms with E-state index in [1.807, 2.05) is 0 Å². The summed E-state index contributed by atoms with van der Waals surface area (Å²) >= 11 is 0. The summed E-state index contributed by atoms with van der Waals surface area (Å²) in [7, 11) is 0. The molecule has 0 radical (unpaired) electrons. The van der Waals surface area contributed by atoms with E-state index in [9.17, 15) is 9.90 Å². The Hall–Kier alpha value is -1.39. The van der Waals surface area contributed by atoms with Crippen LogP contribution in [0.2, 0.25) is 0 Å². The summed E-state index contributed by atoms with van der Waals surface area (Å²) in [5.41, 5.74) is 0.644. The molecule has 1 aromatic rings. The lowest BCUT2D eigenvalue weighted by Crippen LogP contribution is -2.34. The fourth-order valence-electron chi connectivity index (χ4n) is 2.68. The molecule has 104 valence electrons. The van der Waals surface area contributed by atoms with Crippen molar-refractivity contribution < 1.29 is 15.0 Å². The minimum absolute atomic E-state index is 0.0934. The molecular formula is C15H21NO3. The fraction of sp³-hybridized carbons (Fsp3) is 0.533. The molecule has 0 aromatic heterocycles. The maximum absolute atomic E-state index is 12.2. The summed E-state index contributed by atoms with van der Waals surface area (Å²) in [6.45, 7) is 1.61. The quantitative estimate of drug-likeness (QED) is 0.768. The molecule has 2 N–H and O–H groups in total. The first-order valence-corrected chi connectivity index (χ1v) is 6.88. The Balaban J connectivity index is 1.92. The number of aliphatic hydroxyl groups is 1. The summed E-state index contributed by atoms with van der Waals surface area (Å²) < 4.78 is 0. The zero-order valence-electron chi connectivity index (χ0n) is 11.1. The molecule has 4 nitrogen and oxygen atoms in total. The predicted octanol–water partition coefficient (Wildman–Crippen LogP) is 1.81. The van der Waals surface area contributed by atoms with Gasteiger partial charge in [0.25, 0.3) is 0 Å². The molecule has 0 amide bonds. The Bertz CT molecular complexity index is 416. The molecule has 1 aliphatic heterocycles. The standard InChI is InChI=1S/C15H21NO3/c17-10-2-4-13-3-1-9-16(13)11-15(19)12-5-7-14(18)8-6-12/h5-8,13,17-18H,1-4,9-11H2. The van der Waals surface area contributed by atoms with Crippen LogP contribution in [0.3, 0.4) is 0 Å². The number of hydrogen-bond acceptors (Lipinski definition) is 4. The van der Waals surface area contributed by atoms with Crippen LogP contribution >= 0.6 is 0 Å². The maximum Gasteiger partial charge on any atom is 0.176 e. The van der Waals surface area contributed by atoms with E-state index in [1.54, 1.807) is 24.3 Å². The van der Waals surface area contributed by atoms with Crippen molar-refractivity contribution in [3.05, 3.63) is 29.8 Å². The summed E-state index contributed by atoms with van der Waals surface area (Å²) in [6, 6.07) is 6.83. The second kappa shape index (κ2) is 6.68. The molecule has 1 atom stereocenters. The number of likely N-dealkylation sites (tertiary alicyclic amines) is 1. The average Bonchev–Trinajstić information content (AvgIpc) is 2.84. The summed E-state index contributed by atoms with van der Waals surface area (Å²) in [5.74, 6) is 0.273. The predicted molar refractivity (Wildman–Crippen MR) is 73.4 cm³/mol. The number of nitrogens with zero attached hydrogens (tertiary/aromatic N) is 1. The van der Waals surface area contributed by atoms with Gasteiger partial charge in [-0.05, 0) is 56.5 Å². The fourth-order valence-corrected chi connectivity index (χ4v) is 2.68. The number of benzene rings is 1. The van der Waals surface area contributed by atoms with Crippen LogP contribution in [0.4, 0.5) is 0 Å². The van der Waals surface area contributed by atoms with Gasteiger partial charge in [-0.2, -0.15) is 0 Å². The molecule has 1 aliphatic rings. The number of Topliss-reactive ketones (excluding diaryl/α,β-unsaturated/α-hetero) is 1. The number of ketones is 1. The van der Waals surface area contributed by atoms with Crippen LogP contribution in [0, 0.1) is 0 Å². The van der Waals surface area contributed by atoms with E-state index in [2.05, 4.69) is 4.90 Å². The van der Waals surface area contributed by atoms with Crippen LogP contribution in [0.25, 0.3) is 0 Å². The van der Waals surface area contributed by atoms with E-state index in [0.717, 1.165) is 32.2 Å². The maximum atomic E-state index is 12.2. The molecule has 2 rings (SSSR count). The monoisotopic (exact) mass is 263 g/mol. The minimum Gasteiger partial charge on any atom is -0.508 e. The highest BCUT2D eigenvalue weighted by molar-refractivity contribution is 5.97. The van der Waals surface area contributed by atoms with Gasteiger partial charge in [-0.15, -0.1) is 0 Å². The van der Waals surface area contributed by atoms with Crippen LogP contribution in [0.5, 0.6) is 5.75 Å². The number of aliphatic hydroxyl groups excluding tert-OH is 1. The first-order chi connectivity index (χ1) is 9.20. The molecule has 0 bridgehead atoms. The molecule has 4 heteroatoms. The third-order valence-corrected chi connectivity index (χ3v) is 3.73. The molecule has 0 spiro atoms. The first kappa shape index (κ1) is 14.0. The van der Waals surface area contributed by atoms with Crippen molar-refractivity contribution in [2.75, 3.05) is 19.7 Å². The van der Waals surface area contributed by atoms with Crippen molar-refractivity contribution in [3.63, 3.8) is 0 Å². The molecule has 1 aromatic carbocycles. The molecule has 0 aliphatic carbocycles. The van der Waals surface area contributed by atoms with Gasteiger partial charge in [0.1, 0.15) is 5.75 Å². The topological polar surface area (TPSA) is 60.8 Å². The highest BCUT2D eigenvalue weighted by Crippen LogP contribution is 2.21. The van der Waals surface area contributed by atoms with Gasteiger partial charge in [-0.1, -0.05) is 0 Å². The van der Waals surface area contributed by atoms with Gasteiger partial charge in [0.15, 0.2) is 5.78 Å². The molecule has 0 saturated carbocycles. The van der Waals surface area contributed by atoms with Gasteiger partial charge >= 0.3 is 0 Å². The summed E-state index contributed by atoms with van der Waals surface area (Å²) in [4.78, 5) is 14.4. The third kappa shape index (κ3) is 3.78. The molecule has 1 saturated heterocycles. The van der Waals surface area contributed by atoms with Crippen LogP contribution in [0.15, 0.2) is 24.3 Å². The second-order valence-corrected chi connectivity index (χ2v) is 5.10. The van der Waals surface area contributed by atoms with Gasteiger partial charge < -0.3 is 10.2 Å². The Morgan fingerprint density at radius 2 is 2.05 bits per heavy atom. The van der Waals surface area contributed by atoms with E-state index in [0.29, 0.717) is 18.2 Å². The van der Waals surface area contributed by atoms with Crippen LogP contribution in [0.1, 0.15) is 36.0 Å². The summed E-state index contributed by atoms with van der Waals surface area (Å²) in [5, 5.41) is 18.1. The van der Waals surface area contributed by atoms with Crippen LogP contribution < -0.4 is 0 Å². The number of hydrogen-bond donors (Lipinski definition) is 2. The molecular weight excluding hydrogens is 242 g/mol. The van der Waals surface area contributed by atoms with Crippen molar-refractivity contribution in [1.82, 2.24) is 4.90 Å². The normalized spacial score (nSPS) is 19.7. The lowest BCUT2D eigenvalue weighted by Gasteiger charge is -2.23. The highest BCUT2D eigenvalue weighted by atomic mass is 16.3. The van der Waals surface area contributed by atoms with Gasteiger partial charge in [-0.3, -0.25) is 9.69 Å². The van der Waals surface area contributed by atoms with Crippen molar-refractivity contribution in [2.24, 2.45) is 0 Å². The number of aromatic hydroxyl groups is 1. The smallest absolute Gasteiger partial charge is 0.176 e. The molecule has 19 heavy (non-hydrogen) atoms. The van der Waals surface area contributed by atoms with Crippen LogP contribution in [-0.4, -0.2) is 46.6 Å². The number of carbonyl (C=O) groups excluding carboxylic acids is 1. The molecule has 1 fully saturated rings.